The van der Waals surface area contributed by atoms with E-state index in [1.54, 1.807) is 19.9 Å². The van der Waals surface area contributed by atoms with Crippen molar-refractivity contribution in [1.82, 2.24) is 9.79 Å². The second kappa shape index (κ2) is 6.98. The Morgan fingerprint density at radius 3 is 2.43 bits per heavy atom. The van der Waals surface area contributed by atoms with Crippen molar-refractivity contribution in [3.63, 3.8) is 0 Å². The van der Waals surface area contributed by atoms with Gasteiger partial charge in [0.1, 0.15) is 0 Å². The number of amides is 1. The number of piperidine rings is 1. The largest absolute Gasteiger partial charge is 0.277 e. The van der Waals surface area contributed by atoms with Crippen molar-refractivity contribution in [2.24, 2.45) is 5.92 Å². The highest BCUT2D eigenvalue weighted by Crippen LogP contribution is 2.27. The maximum absolute atomic E-state index is 13.0. The number of carbonyl (C=O) groups excluding carboxylic acids is 1. The molecule has 2 rings (SSSR count). The van der Waals surface area contributed by atoms with Gasteiger partial charge < -0.3 is 0 Å². The number of hydrogen-bond donors (Lipinski definition) is 1. The highest BCUT2D eigenvalue weighted by Gasteiger charge is 2.30. The SMILES string of the molecule is CONC(=O)c1cc(C)c(C)c(S(=O)(=O)N2CCC(C)CC2)c1. The summed E-state index contributed by atoms with van der Waals surface area (Å²) in [5.74, 6) is 0.0856. The van der Waals surface area contributed by atoms with Crippen LogP contribution in [0.1, 0.15) is 41.3 Å². The van der Waals surface area contributed by atoms with Crippen LogP contribution in [0.3, 0.4) is 0 Å². The standard InChI is InChI=1S/C16H24N2O4S/c1-11-5-7-18(8-6-11)23(20,21)15-10-14(16(19)17-22-4)9-12(2)13(15)3/h9-11H,5-8H2,1-4H3,(H,17,19). The van der Waals surface area contributed by atoms with Gasteiger partial charge in [0.2, 0.25) is 10.0 Å². The first-order valence-corrected chi connectivity index (χ1v) is 9.16. The number of sulfonamides is 1. The Hall–Kier alpha value is -1.44. The predicted molar refractivity (Wildman–Crippen MR) is 87.5 cm³/mol. The number of hydrogen-bond acceptors (Lipinski definition) is 4. The molecule has 0 aliphatic carbocycles. The molecule has 0 aromatic heterocycles. The number of rotatable bonds is 4. The zero-order valence-corrected chi connectivity index (χ0v) is 14.9. The van der Waals surface area contributed by atoms with Crippen LogP contribution >= 0.6 is 0 Å². The minimum atomic E-state index is -3.60. The summed E-state index contributed by atoms with van der Waals surface area (Å²) < 4.78 is 27.4. The van der Waals surface area contributed by atoms with Gasteiger partial charge in [-0.05, 0) is 55.9 Å². The first kappa shape index (κ1) is 17.9. The van der Waals surface area contributed by atoms with E-state index in [-0.39, 0.29) is 10.5 Å². The Morgan fingerprint density at radius 1 is 1.26 bits per heavy atom. The highest BCUT2D eigenvalue weighted by molar-refractivity contribution is 7.89. The molecule has 1 heterocycles. The number of nitrogens with one attached hydrogen (secondary N) is 1. The van der Waals surface area contributed by atoms with Crippen molar-refractivity contribution in [3.05, 3.63) is 28.8 Å². The molecule has 1 aliphatic heterocycles. The van der Waals surface area contributed by atoms with E-state index in [1.807, 2.05) is 0 Å². The van der Waals surface area contributed by atoms with Crippen molar-refractivity contribution in [2.45, 2.75) is 38.5 Å². The van der Waals surface area contributed by atoms with Gasteiger partial charge in [0.05, 0.1) is 12.0 Å². The second-order valence-corrected chi connectivity index (χ2v) is 8.04. The molecule has 0 atom stereocenters. The normalized spacial score (nSPS) is 17.2. The molecule has 1 aromatic carbocycles. The lowest BCUT2D eigenvalue weighted by atomic mass is 10.0. The van der Waals surface area contributed by atoms with E-state index in [1.165, 1.54) is 17.5 Å². The molecule has 0 bridgehead atoms. The average molecular weight is 340 g/mol. The van der Waals surface area contributed by atoms with Gasteiger partial charge in [-0.1, -0.05) is 6.92 Å². The Kier molecular flexibility index (Phi) is 5.44. The van der Waals surface area contributed by atoms with Gasteiger partial charge in [-0.3, -0.25) is 9.63 Å². The van der Waals surface area contributed by atoms with Gasteiger partial charge in [-0.15, -0.1) is 0 Å². The van der Waals surface area contributed by atoms with E-state index in [4.69, 9.17) is 0 Å². The summed E-state index contributed by atoms with van der Waals surface area (Å²) in [4.78, 5) is 16.8. The summed E-state index contributed by atoms with van der Waals surface area (Å²) in [6.07, 6.45) is 1.72. The molecule has 1 saturated heterocycles. The van der Waals surface area contributed by atoms with Gasteiger partial charge in [-0.2, -0.15) is 4.31 Å². The fraction of sp³-hybridized carbons (Fsp3) is 0.562. The van der Waals surface area contributed by atoms with Gasteiger partial charge in [0.25, 0.3) is 5.91 Å². The van der Waals surface area contributed by atoms with Crippen LogP contribution in [-0.2, 0) is 14.9 Å². The quantitative estimate of drug-likeness (QED) is 0.851. The van der Waals surface area contributed by atoms with Gasteiger partial charge >= 0.3 is 0 Å². The molecule has 23 heavy (non-hydrogen) atoms. The van der Waals surface area contributed by atoms with Crippen LogP contribution in [0.2, 0.25) is 0 Å². The van der Waals surface area contributed by atoms with E-state index in [2.05, 4.69) is 17.2 Å². The Bertz CT molecular complexity index is 692. The average Bonchev–Trinajstić information content (AvgIpc) is 2.50. The molecule has 1 amide bonds. The molecule has 6 nitrogen and oxygen atoms in total. The topological polar surface area (TPSA) is 75.7 Å². The van der Waals surface area contributed by atoms with E-state index < -0.39 is 15.9 Å². The number of benzene rings is 1. The summed E-state index contributed by atoms with van der Waals surface area (Å²) in [5.41, 5.74) is 3.94. The summed E-state index contributed by atoms with van der Waals surface area (Å²) in [7, 11) is -2.26. The molecule has 0 unspecified atom stereocenters. The number of hydroxylamine groups is 1. The molecule has 0 saturated carbocycles. The van der Waals surface area contributed by atoms with Crippen molar-refractivity contribution in [2.75, 3.05) is 20.2 Å². The third-order valence-corrected chi connectivity index (χ3v) is 6.46. The summed E-state index contributed by atoms with van der Waals surface area (Å²) in [6.45, 7) is 6.75. The first-order chi connectivity index (χ1) is 10.8. The van der Waals surface area contributed by atoms with E-state index >= 15 is 0 Å². The zero-order valence-electron chi connectivity index (χ0n) is 14.0. The minimum absolute atomic E-state index is 0.202. The number of nitrogens with zero attached hydrogens (tertiary/aromatic N) is 1. The van der Waals surface area contributed by atoms with Gasteiger partial charge in [0.15, 0.2) is 0 Å². The molecule has 1 aromatic rings. The molecule has 0 spiro atoms. The smallest absolute Gasteiger partial charge is 0.274 e. The third kappa shape index (κ3) is 3.73. The lowest BCUT2D eigenvalue weighted by Gasteiger charge is -2.30. The van der Waals surface area contributed by atoms with E-state index in [9.17, 15) is 13.2 Å². The van der Waals surface area contributed by atoms with Gasteiger partial charge in [0, 0.05) is 18.7 Å². The predicted octanol–water partition coefficient (Wildman–Crippen LogP) is 2.02. The molecule has 1 N–H and O–H groups in total. The molecule has 0 radical (unpaired) electrons. The molecule has 7 heteroatoms. The Morgan fingerprint density at radius 2 is 1.87 bits per heavy atom. The summed E-state index contributed by atoms with van der Waals surface area (Å²) in [6, 6.07) is 3.10. The van der Waals surface area contributed by atoms with Crippen LogP contribution in [0.5, 0.6) is 0 Å². The van der Waals surface area contributed by atoms with Crippen molar-refractivity contribution >= 4 is 15.9 Å². The maximum atomic E-state index is 13.0. The molecule has 128 valence electrons. The van der Waals surface area contributed by atoms with Crippen LogP contribution in [0.15, 0.2) is 17.0 Å². The van der Waals surface area contributed by atoms with Crippen LogP contribution in [0.4, 0.5) is 0 Å². The maximum Gasteiger partial charge on any atom is 0.274 e. The molecule has 1 aliphatic rings. The van der Waals surface area contributed by atoms with Crippen molar-refractivity contribution in [1.29, 1.82) is 0 Å². The fourth-order valence-electron chi connectivity index (χ4n) is 2.74. The van der Waals surface area contributed by atoms with Crippen molar-refractivity contribution < 1.29 is 18.0 Å². The molecule has 1 fully saturated rings. The third-order valence-electron chi connectivity index (χ3n) is 4.44. The Balaban J connectivity index is 2.43. The summed E-state index contributed by atoms with van der Waals surface area (Å²) >= 11 is 0. The molecular formula is C16H24N2O4S. The first-order valence-electron chi connectivity index (χ1n) is 7.72. The Labute approximate surface area is 137 Å². The van der Waals surface area contributed by atoms with E-state index in [0.717, 1.165) is 18.4 Å². The highest BCUT2D eigenvalue weighted by atomic mass is 32.2. The number of carbonyl (C=O) groups is 1. The second-order valence-electron chi connectivity index (χ2n) is 6.14. The van der Waals surface area contributed by atoms with Crippen LogP contribution in [0.25, 0.3) is 0 Å². The zero-order chi connectivity index (χ0) is 17.2. The summed E-state index contributed by atoms with van der Waals surface area (Å²) in [5, 5.41) is 0. The van der Waals surface area contributed by atoms with Crippen LogP contribution in [-0.4, -0.2) is 38.8 Å². The van der Waals surface area contributed by atoms with Crippen LogP contribution < -0.4 is 5.48 Å². The lowest BCUT2D eigenvalue weighted by molar-refractivity contribution is 0.0537. The minimum Gasteiger partial charge on any atom is -0.277 e. The van der Waals surface area contributed by atoms with Gasteiger partial charge in [-0.25, -0.2) is 13.9 Å². The monoisotopic (exact) mass is 340 g/mol. The fourth-order valence-corrected chi connectivity index (χ4v) is 4.54. The van der Waals surface area contributed by atoms with E-state index in [0.29, 0.717) is 24.6 Å². The lowest BCUT2D eigenvalue weighted by Crippen LogP contribution is -2.38. The van der Waals surface area contributed by atoms with Crippen LogP contribution in [0, 0.1) is 19.8 Å². The number of aryl methyl sites for hydroxylation is 1. The van der Waals surface area contributed by atoms with Crippen molar-refractivity contribution in [3.8, 4) is 0 Å². The molecular weight excluding hydrogens is 316 g/mol.